The Balaban J connectivity index is 2.09. The Morgan fingerprint density at radius 1 is 1.50 bits per heavy atom. The molecule has 0 aromatic rings. The zero-order valence-corrected chi connectivity index (χ0v) is 8.02. The molecular formula is C8H15NO2S. The Labute approximate surface area is 75.8 Å². The summed E-state index contributed by atoms with van der Waals surface area (Å²) < 4.78 is 16.0. The smallest absolute Gasteiger partial charge is 0.0999 e. The molecule has 0 saturated carbocycles. The van der Waals surface area contributed by atoms with E-state index >= 15 is 0 Å². The molecule has 0 unspecified atom stereocenters. The van der Waals surface area contributed by atoms with E-state index in [1.165, 1.54) is 6.26 Å². The van der Waals surface area contributed by atoms with Crippen molar-refractivity contribution >= 4 is 10.8 Å². The predicted molar refractivity (Wildman–Crippen MR) is 50.5 cm³/mol. The summed E-state index contributed by atoms with van der Waals surface area (Å²) in [6, 6.07) is 0. The Morgan fingerprint density at radius 2 is 2.17 bits per heavy atom. The van der Waals surface area contributed by atoms with Crippen LogP contribution in [0.3, 0.4) is 0 Å². The Morgan fingerprint density at radius 3 is 2.75 bits per heavy atom. The average molecular weight is 189 g/mol. The summed E-state index contributed by atoms with van der Waals surface area (Å²) in [7, 11) is -0.571. The number of hydrogen-bond donors (Lipinski definition) is 0. The van der Waals surface area contributed by atoms with E-state index in [-0.39, 0.29) is 0 Å². The fourth-order valence-corrected chi connectivity index (χ4v) is 2.29. The van der Waals surface area contributed by atoms with Crippen LogP contribution in [-0.2, 0) is 15.5 Å². The molecule has 0 aromatic carbocycles. The molecular weight excluding hydrogens is 174 g/mol. The maximum absolute atomic E-state index is 11.0. The zero-order valence-electron chi connectivity index (χ0n) is 7.20. The lowest BCUT2D eigenvalue weighted by molar-refractivity contribution is 0.186. The minimum atomic E-state index is -0.571. The van der Waals surface area contributed by atoms with Crippen LogP contribution >= 0.6 is 0 Å². The summed E-state index contributed by atoms with van der Waals surface area (Å²) in [6.45, 7) is 6.95. The molecule has 1 heterocycles. The van der Waals surface area contributed by atoms with E-state index in [9.17, 15) is 4.21 Å². The highest BCUT2D eigenvalue weighted by Crippen LogP contribution is 1.98. The van der Waals surface area contributed by atoms with E-state index in [0.29, 0.717) is 6.61 Å². The van der Waals surface area contributed by atoms with Crippen molar-refractivity contribution in [2.24, 2.45) is 0 Å². The standard InChI is InChI=1S/C8H15NO2S/c1-2-11-6-3-9-4-7-12(10)8-5-9/h2H,1,3-8H2. The lowest BCUT2D eigenvalue weighted by Crippen LogP contribution is -2.39. The maximum Gasteiger partial charge on any atom is 0.0999 e. The van der Waals surface area contributed by atoms with Crippen molar-refractivity contribution in [2.75, 3.05) is 37.7 Å². The van der Waals surface area contributed by atoms with E-state index in [0.717, 1.165) is 31.1 Å². The fourth-order valence-electron chi connectivity index (χ4n) is 1.16. The molecule has 3 nitrogen and oxygen atoms in total. The quantitative estimate of drug-likeness (QED) is 0.468. The Bertz CT molecular complexity index is 162. The van der Waals surface area contributed by atoms with Crippen LogP contribution in [0.1, 0.15) is 0 Å². The van der Waals surface area contributed by atoms with Crippen LogP contribution < -0.4 is 0 Å². The Hall–Kier alpha value is -0.350. The molecule has 1 saturated heterocycles. The molecule has 70 valence electrons. The molecule has 1 fully saturated rings. The largest absolute Gasteiger partial charge is 0.500 e. The van der Waals surface area contributed by atoms with Gasteiger partial charge in [-0.15, -0.1) is 0 Å². The monoisotopic (exact) mass is 189 g/mol. The molecule has 0 radical (unpaired) electrons. The zero-order chi connectivity index (χ0) is 8.81. The molecule has 0 aromatic heterocycles. The molecule has 0 atom stereocenters. The van der Waals surface area contributed by atoms with Crippen LogP contribution in [0.25, 0.3) is 0 Å². The van der Waals surface area contributed by atoms with Gasteiger partial charge in [0.05, 0.1) is 12.9 Å². The number of rotatable bonds is 4. The highest BCUT2D eigenvalue weighted by Gasteiger charge is 2.13. The first kappa shape index (κ1) is 9.74. The van der Waals surface area contributed by atoms with E-state index < -0.39 is 10.8 Å². The van der Waals surface area contributed by atoms with E-state index in [4.69, 9.17) is 4.74 Å². The van der Waals surface area contributed by atoms with Gasteiger partial charge in [-0.1, -0.05) is 6.58 Å². The third-order valence-corrected chi connectivity index (χ3v) is 3.19. The second kappa shape index (κ2) is 5.32. The first-order valence-electron chi connectivity index (χ1n) is 4.13. The lowest BCUT2D eigenvalue weighted by Gasteiger charge is -2.25. The van der Waals surface area contributed by atoms with Gasteiger partial charge in [-0.05, 0) is 0 Å². The van der Waals surface area contributed by atoms with Gasteiger partial charge in [0.15, 0.2) is 0 Å². The normalized spacial score (nSPS) is 20.7. The van der Waals surface area contributed by atoms with E-state index in [1.807, 2.05) is 0 Å². The van der Waals surface area contributed by atoms with Crippen molar-refractivity contribution in [3.8, 4) is 0 Å². The molecule has 12 heavy (non-hydrogen) atoms. The molecule has 1 rings (SSSR count). The first-order chi connectivity index (χ1) is 5.83. The Kier molecular flexibility index (Phi) is 4.32. The molecule has 1 aliphatic rings. The highest BCUT2D eigenvalue weighted by atomic mass is 32.2. The lowest BCUT2D eigenvalue weighted by atomic mass is 10.5. The van der Waals surface area contributed by atoms with Gasteiger partial charge >= 0.3 is 0 Å². The van der Waals surface area contributed by atoms with Crippen LogP contribution in [0, 0.1) is 0 Å². The van der Waals surface area contributed by atoms with Crippen molar-refractivity contribution in [3.05, 3.63) is 12.8 Å². The summed E-state index contributed by atoms with van der Waals surface area (Å²) in [4.78, 5) is 2.27. The second-order valence-electron chi connectivity index (χ2n) is 2.73. The summed E-state index contributed by atoms with van der Waals surface area (Å²) in [5.74, 6) is 1.63. The van der Waals surface area contributed by atoms with E-state index in [1.54, 1.807) is 0 Å². The van der Waals surface area contributed by atoms with Gasteiger partial charge < -0.3 is 4.74 Å². The molecule has 0 spiro atoms. The van der Waals surface area contributed by atoms with Gasteiger partial charge in [-0.25, -0.2) is 0 Å². The minimum absolute atomic E-state index is 0.571. The summed E-state index contributed by atoms with van der Waals surface area (Å²) >= 11 is 0. The second-order valence-corrected chi connectivity index (χ2v) is 4.42. The number of ether oxygens (including phenoxy) is 1. The maximum atomic E-state index is 11.0. The van der Waals surface area contributed by atoms with Gasteiger partial charge in [-0.2, -0.15) is 0 Å². The number of hydrogen-bond acceptors (Lipinski definition) is 3. The third kappa shape index (κ3) is 3.36. The van der Waals surface area contributed by atoms with Crippen LogP contribution in [0.15, 0.2) is 12.8 Å². The van der Waals surface area contributed by atoms with Crippen molar-refractivity contribution in [3.63, 3.8) is 0 Å². The first-order valence-corrected chi connectivity index (χ1v) is 5.61. The minimum Gasteiger partial charge on any atom is -0.500 e. The third-order valence-electron chi connectivity index (χ3n) is 1.91. The van der Waals surface area contributed by atoms with Gasteiger partial charge in [-0.3, -0.25) is 9.11 Å². The molecule has 0 bridgehead atoms. The van der Waals surface area contributed by atoms with Gasteiger partial charge in [0.1, 0.15) is 0 Å². The summed E-state index contributed by atoms with van der Waals surface area (Å²) in [5.41, 5.74) is 0. The molecule has 0 aliphatic carbocycles. The molecule has 0 N–H and O–H groups in total. The topological polar surface area (TPSA) is 29.5 Å². The SMILES string of the molecule is C=COCCN1CCS(=O)CC1. The van der Waals surface area contributed by atoms with Crippen molar-refractivity contribution in [1.29, 1.82) is 0 Å². The highest BCUT2D eigenvalue weighted by molar-refractivity contribution is 7.85. The molecule has 1 aliphatic heterocycles. The predicted octanol–water partition coefficient (Wildman–Crippen LogP) is 0.211. The van der Waals surface area contributed by atoms with Crippen LogP contribution in [0.4, 0.5) is 0 Å². The van der Waals surface area contributed by atoms with Gasteiger partial charge in [0, 0.05) is 41.9 Å². The van der Waals surface area contributed by atoms with Crippen molar-refractivity contribution in [2.45, 2.75) is 0 Å². The van der Waals surface area contributed by atoms with Crippen molar-refractivity contribution in [1.82, 2.24) is 4.90 Å². The summed E-state index contributed by atoms with van der Waals surface area (Å²) in [6.07, 6.45) is 1.46. The molecule has 4 heteroatoms. The van der Waals surface area contributed by atoms with Crippen LogP contribution in [-0.4, -0.2) is 46.9 Å². The van der Waals surface area contributed by atoms with Gasteiger partial charge in [0.25, 0.3) is 0 Å². The van der Waals surface area contributed by atoms with Crippen LogP contribution in [0.2, 0.25) is 0 Å². The fraction of sp³-hybridized carbons (Fsp3) is 0.750. The molecule has 0 amide bonds. The van der Waals surface area contributed by atoms with Gasteiger partial charge in [0.2, 0.25) is 0 Å². The number of nitrogens with zero attached hydrogens (tertiary/aromatic N) is 1. The summed E-state index contributed by atoms with van der Waals surface area (Å²) in [5, 5.41) is 0. The average Bonchev–Trinajstić information content (AvgIpc) is 2.09. The van der Waals surface area contributed by atoms with E-state index in [2.05, 4.69) is 11.5 Å². The van der Waals surface area contributed by atoms with Crippen LogP contribution in [0.5, 0.6) is 0 Å². The van der Waals surface area contributed by atoms with Crippen molar-refractivity contribution < 1.29 is 8.95 Å².